The highest BCUT2D eigenvalue weighted by Crippen LogP contribution is 2.19. The molecule has 0 spiro atoms. The Morgan fingerprint density at radius 1 is 1.37 bits per heavy atom. The molecule has 0 fully saturated rings. The number of pyridine rings is 1. The van der Waals surface area contributed by atoms with E-state index < -0.39 is 18.0 Å². The molecular formula is C14H19NO4. The van der Waals surface area contributed by atoms with Crippen molar-refractivity contribution < 1.29 is 19.1 Å². The summed E-state index contributed by atoms with van der Waals surface area (Å²) in [4.78, 5) is 27.5. The van der Waals surface area contributed by atoms with E-state index in [0.29, 0.717) is 5.56 Å². The summed E-state index contributed by atoms with van der Waals surface area (Å²) in [6.45, 7) is 5.75. The zero-order chi connectivity index (χ0) is 14.3. The molecule has 104 valence electrons. The van der Waals surface area contributed by atoms with Crippen molar-refractivity contribution in [3.63, 3.8) is 0 Å². The van der Waals surface area contributed by atoms with E-state index in [1.807, 2.05) is 13.8 Å². The topological polar surface area (TPSA) is 65.5 Å². The SMILES string of the molecule is CCOC(=O)C(OC(=O)CC(C)C)c1cccnc1. The van der Waals surface area contributed by atoms with Gasteiger partial charge in [0, 0.05) is 24.4 Å². The lowest BCUT2D eigenvalue weighted by molar-refractivity contribution is -0.168. The second kappa shape index (κ2) is 7.51. The Morgan fingerprint density at radius 3 is 2.63 bits per heavy atom. The Bertz CT molecular complexity index is 417. The lowest BCUT2D eigenvalue weighted by Gasteiger charge is -2.17. The third-order valence-corrected chi connectivity index (χ3v) is 2.31. The first-order valence-corrected chi connectivity index (χ1v) is 6.30. The second-order valence-electron chi connectivity index (χ2n) is 4.51. The van der Waals surface area contributed by atoms with Crippen LogP contribution in [0.5, 0.6) is 0 Å². The van der Waals surface area contributed by atoms with Crippen LogP contribution in [0.4, 0.5) is 0 Å². The van der Waals surface area contributed by atoms with E-state index in [9.17, 15) is 9.59 Å². The Labute approximate surface area is 112 Å². The first kappa shape index (κ1) is 15.1. The van der Waals surface area contributed by atoms with E-state index in [1.54, 1.807) is 25.3 Å². The van der Waals surface area contributed by atoms with Gasteiger partial charge in [0.25, 0.3) is 0 Å². The summed E-state index contributed by atoms with van der Waals surface area (Å²) >= 11 is 0. The van der Waals surface area contributed by atoms with Gasteiger partial charge in [-0.25, -0.2) is 4.79 Å². The summed E-state index contributed by atoms with van der Waals surface area (Å²) in [7, 11) is 0. The molecule has 0 aromatic carbocycles. The molecular weight excluding hydrogens is 246 g/mol. The van der Waals surface area contributed by atoms with Gasteiger partial charge in [-0.05, 0) is 18.9 Å². The van der Waals surface area contributed by atoms with Crippen molar-refractivity contribution in [3.8, 4) is 0 Å². The fraction of sp³-hybridized carbons (Fsp3) is 0.500. The van der Waals surface area contributed by atoms with Crippen LogP contribution in [-0.2, 0) is 19.1 Å². The van der Waals surface area contributed by atoms with Crippen LogP contribution < -0.4 is 0 Å². The molecule has 1 aromatic rings. The molecule has 19 heavy (non-hydrogen) atoms. The number of aromatic nitrogens is 1. The van der Waals surface area contributed by atoms with Crippen molar-refractivity contribution >= 4 is 11.9 Å². The largest absolute Gasteiger partial charge is 0.463 e. The van der Waals surface area contributed by atoms with E-state index in [4.69, 9.17) is 9.47 Å². The average molecular weight is 265 g/mol. The summed E-state index contributed by atoms with van der Waals surface area (Å²) in [5.41, 5.74) is 0.512. The Balaban J connectivity index is 2.81. The summed E-state index contributed by atoms with van der Waals surface area (Å²) in [5.74, 6) is -0.825. The van der Waals surface area contributed by atoms with Gasteiger partial charge in [0.2, 0.25) is 6.10 Å². The van der Waals surface area contributed by atoms with E-state index in [0.717, 1.165) is 0 Å². The van der Waals surface area contributed by atoms with Gasteiger partial charge in [0.05, 0.1) is 6.61 Å². The maximum atomic E-state index is 11.8. The van der Waals surface area contributed by atoms with Crippen molar-refractivity contribution in [2.24, 2.45) is 5.92 Å². The van der Waals surface area contributed by atoms with Gasteiger partial charge in [-0.3, -0.25) is 9.78 Å². The van der Waals surface area contributed by atoms with Crippen LogP contribution in [-0.4, -0.2) is 23.5 Å². The van der Waals surface area contributed by atoms with Crippen molar-refractivity contribution in [1.29, 1.82) is 0 Å². The normalized spacial score (nSPS) is 12.0. The number of carbonyl (C=O) groups is 2. The van der Waals surface area contributed by atoms with Crippen molar-refractivity contribution in [2.45, 2.75) is 33.3 Å². The fourth-order valence-corrected chi connectivity index (χ4v) is 1.51. The standard InChI is InChI=1S/C14H19NO4/c1-4-18-14(17)13(11-6-5-7-15-9-11)19-12(16)8-10(2)3/h5-7,9-10,13H,4,8H2,1-3H3. The zero-order valence-corrected chi connectivity index (χ0v) is 11.5. The fourth-order valence-electron chi connectivity index (χ4n) is 1.51. The van der Waals surface area contributed by atoms with Crippen LogP contribution in [0.1, 0.15) is 38.9 Å². The third-order valence-electron chi connectivity index (χ3n) is 2.31. The lowest BCUT2D eigenvalue weighted by atomic mass is 10.1. The highest BCUT2D eigenvalue weighted by atomic mass is 16.6. The number of nitrogens with zero attached hydrogens (tertiary/aromatic N) is 1. The molecule has 5 heteroatoms. The number of ether oxygens (including phenoxy) is 2. The van der Waals surface area contributed by atoms with Gasteiger partial charge >= 0.3 is 11.9 Å². The van der Waals surface area contributed by atoms with Crippen LogP contribution in [0.25, 0.3) is 0 Å². The predicted octanol–water partition coefficient (Wildman–Crippen LogP) is 2.28. The molecule has 0 aliphatic heterocycles. The third kappa shape index (κ3) is 5.07. The first-order chi connectivity index (χ1) is 9.04. The molecule has 0 saturated carbocycles. The molecule has 0 aliphatic carbocycles. The minimum Gasteiger partial charge on any atom is -0.463 e. The maximum absolute atomic E-state index is 11.8. The van der Waals surface area contributed by atoms with Crippen LogP contribution in [0.2, 0.25) is 0 Å². The summed E-state index contributed by atoms with van der Waals surface area (Å²) in [6.07, 6.45) is 2.29. The maximum Gasteiger partial charge on any atom is 0.352 e. The molecule has 1 unspecified atom stereocenters. The van der Waals surface area contributed by atoms with E-state index in [2.05, 4.69) is 4.98 Å². The van der Waals surface area contributed by atoms with Crippen LogP contribution >= 0.6 is 0 Å². The van der Waals surface area contributed by atoms with Gasteiger partial charge in [-0.15, -0.1) is 0 Å². The summed E-state index contributed by atoms with van der Waals surface area (Å²) in [5, 5.41) is 0. The molecule has 1 rings (SSSR count). The lowest BCUT2D eigenvalue weighted by Crippen LogP contribution is -2.22. The minimum atomic E-state index is -1.04. The Kier molecular flexibility index (Phi) is 5.99. The molecule has 0 radical (unpaired) electrons. The summed E-state index contributed by atoms with van der Waals surface area (Å²) < 4.78 is 10.1. The van der Waals surface area contributed by atoms with Gasteiger partial charge in [0.15, 0.2) is 0 Å². The van der Waals surface area contributed by atoms with Crippen molar-refractivity contribution in [3.05, 3.63) is 30.1 Å². The first-order valence-electron chi connectivity index (χ1n) is 6.30. The molecule has 1 atom stereocenters. The monoisotopic (exact) mass is 265 g/mol. The number of hydrogen-bond acceptors (Lipinski definition) is 5. The van der Waals surface area contributed by atoms with Crippen molar-refractivity contribution in [1.82, 2.24) is 4.98 Å². The number of esters is 2. The van der Waals surface area contributed by atoms with Gasteiger partial charge in [-0.2, -0.15) is 0 Å². The van der Waals surface area contributed by atoms with Crippen LogP contribution in [0.3, 0.4) is 0 Å². The van der Waals surface area contributed by atoms with Crippen LogP contribution in [0, 0.1) is 5.92 Å². The number of rotatable bonds is 6. The smallest absolute Gasteiger partial charge is 0.352 e. The zero-order valence-electron chi connectivity index (χ0n) is 11.5. The van der Waals surface area contributed by atoms with E-state index in [-0.39, 0.29) is 18.9 Å². The molecule has 0 amide bonds. The van der Waals surface area contributed by atoms with Crippen molar-refractivity contribution in [2.75, 3.05) is 6.61 Å². The van der Waals surface area contributed by atoms with Crippen LogP contribution in [0.15, 0.2) is 24.5 Å². The van der Waals surface area contributed by atoms with Gasteiger partial charge < -0.3 is 9.47 Å². The molecule has 0 N–H and O–H groups in total. The number of hydrogen-bond donors (Lipinski definition) is 0. The quantitative estimate of drug-likeness (QED) is 0.738. The average Bonchev–Trinajstić information content (AvgIpc) is 2.36. The Hall–Kier alpha value is -1.91. The molecule has 1 heterocycles. The number of carbonyl (C=O) groups excluding carboxylic acids is 2. The van der Waals surface area contributed by atoms with E-state index >= 15 is 0 Å². The second-order valence-corrected chi connectivity index (χ2v) is 4.51. The molecule has 0 aliphatic rings. The van der Waals surface area contributed by atoms with Gasteiger partial charge in [-0.1, -0.05) is 19.9 Å². The molecule has 5 nitrogen and oxygen atoms in total. The summed E-state index contributed by atoms with van der Waals surface area (Å²) in [6, 6.07) is 3.36. The molecule has 0 saturated heterocycles. The minimum absolute atomic E-state index is 0.171. The molecule has 0 bridgehead atoms. The predicted molar refractivity (Wildman–Crippen MR) is 69.2 cm³/mol. The highest BCUT2D eigenvalue weighted by Gasteiger charge is 2.26. The van der Waals surface area contributed by atoms with Gasteiger partial charge in [0.1, 0.15) is 0 Å². The molecule has 1 aromatic heterocycles. The van der Waals surface area contributed by atoms with E-state index in [1.165, 1.54) is 6.20 Å². The Morgan fingerprint density at radius 2 is 2.11 bits per heavy atom. The highest BCUT2D eigenvalue weighted by molar-refractivity contribution is 5.80.